The van der Waals surface area contributed by atoms with Gasteiger partial charge in [-0.3, -0.25) is 4.72 Å². The van der Waals surface area contributed by atoms with Gasteiger partial charge in [-0.15, -0.1) is 0 Å². The third-order valence-corrected chi connectivity index (χ3v) is 2.31. The van der Waals surface area contributed by atoms with Crippen molar-refractivity contribution in [3.63, 3.8) is 0 Å². The van der Waals surface area contributed by atoms with E-state index in [0.717, 1.165) is 6.26 Å². The summed E-state index contributed by atoms with van der Waals surface area (Å²) in [6, 6.07) is 3.97. The zero-order valence-corrected chi connectivity index (χ0v) is 9.51. The van der Waals surface area contributed by atoms with Crippen molar-refractivity contribution in [1.29, 1.82) is 0 Å². The predicted molar refractivity (Wildman–Crippen MR) is 56.3 cm³/mol. The largest absolute Gasteiger partial charge is 0.435 e. The highest BCUT2D eigenvalue weighted by Crippen LogP contribution is 2.23. The number of rotatable bonds is 4. The molecule has 1 N–H and O–H groups in total. The van der Waals surface area contributed by atoms with Crippen LogP contribution < -0.4 is 9.46 Å². The average Bonchev–Trinajstić information content (AvgIpc) is 2.06. The highest BCUT2D eigenvalue weighted by atomic mass is 32.2. The van der Waals surface area contributed by atoms with Crippen LogP contribution in [0.25, 0.3) is 0 Å². The number of ether oxygens (including phenoxy) is 1. The van der Waals surface area contributed by atoms with E-state index in [4.69, 9.17) is 0 Å². The van der Waals surface area contributed by atoms with Crippen LogP contribution in [0.1, 0.15) is 5.56 Å². The zero-order chi connectivity index (χ0) is 12.3. The molecule has 0 bridgehead atoms. The molecular formula is C9H11F2NO3S. The van der Waals surface area contributed by atoms with E-state index in [9.17, 15) is 17.2 Å². The van der Waals surface area contributed by atoms with E-state index < -0.39 is 16.6 Å². The van der Waals surface area contributed by atoms with Gasteiger partial charge in [0.2, 0.25) is 10.0 Å². The van der Waals surface area contributed by atoms with Crippen LogP contribution in [0.4, 0.5) is 14.5 Å². The Hall–Kier alpha value is -1.37. The van der Waals surface area contributed by atoms with Crippen molar-refractivity contribution in [3.05, 3.63) is 23.8 Å². The van der Waals surface area contributed by atoms with Gasteiger partial charge in [-0.25, -0.2) is 8.42 Å². The van der Waals surface area contributed by atoms with E-state index in [1.54, 1.807) is 6.92 Å². The van der Waals surface area contributed by atoms with Crippen LogP contribution in [0.2, 0.25) is 0 Å². The SMILES string of the molecule is Cc1cc(OC(F)F)ccc1NS(C)(=O)=O. The summed E-state index contributed by atoms with van der Waals surface area (Å²) in [4.78, 5) is 0. The number of anilines is 1. The minimum atomic E-state index is -3.37. The average molecular weight is 251 g/mol. The lowest BCUT2D eigenvalue weighted by Gasteiger charge is -2.10. The molecule has 0 amide bonds. The normalized spacial score (nSPS) is 11.6. The van der Waals surface area contributed by atoms with Crippen molar-refractivity contribution in [2.24, 2.45) is 0 Å². The second kappa shape index (κ2) is 4.65. The third kappa shape index (κ3) is 4.01. The molecule has 0 heterocycles. The summed E-state index contributed by atoms with van der Waals surface area (Å²) in [5.41, 5.74) is 0.840. The van der Waals surface area contributed by atoms with Crippen LogP contribution in [0.15, 0.2) is 18.2 Å². The Morgan fingerprint density at radius 1 is 1.38 bits per heavy atom. The maximum Gasteiger partial charge on any atom is 0.387 e. The summed E-state index contributed by atoms with van der Waals surface area (Å²) in [5, 5.41) is 0. The van der Waals surface area contributed by atoms with Crippen molar-refractivity contribution in [1.82, 2.24) is 0 Å². The van der Waals surface area contributed by atoms with Crippen LogP contribution in [-0.2, 0) is 10.0 Å². The van der Waals surface area contributed by atoms with Gasteiger partial charge < -0.3 is 4.74 Å². The number of sulfonamides is 1. The molecule has 0 atom stereocenters. The fraction of sp³-hybridized carbons (Fsp3) is 0.333. The third-order valence-electron chi connectivity index (χ3n) is 1.72. The van der Waals surface area contributed by atoms with Gasteiger partial charge in [0.1, 0.15) is 5.75 Å². The summed E-state index contributed by atoms with van der Waals surface area (Å²) in [5.74, 6) is -0.00782. The van der Waals surface area contributed by atoms with E-state index >= 15 is 0 Å². The Labute approximate surface area is 92.3 Å². The van der Waals surface area contributed by atoms with Crippen LogP contribution in [0.3, 0.4) is 0 Å². The van der Waals surface area contributed by atoms with Gasteiger partial charge in [-0.2, -0.15) is 8.78 Å². The van der Waals surface area contributed by atoms with Crippen LogP contribution in [0.5, 0.6) is 5.75 Å². The molecule has 1 rings (SSSR count). The molecule has 0 saturated heterocycles. The van der Waals surface area contributed by atoms with E-state index in [2.05, 4.69) is 9.46 Å². The second-order valence-corrected chi connectivity index (χ2v) is 4.98. The Bertz CT molecular complexity index is 474. The molecule has 0 aliphatic rings. The van der Waals surface area contributed by atoms with Gasteiger partial charge >= 0.3 is 6.61 Å². The molecular weight excluding hydrogens is 240 g/mol. The van der Waals surface area contributed by atoms with Crippen LogP contribution in [0, 0.1) is 6.92 Å². The molecule has 7 heteroatoms. The van der Waals surface area contributed by atoms with Gasteiger partial charge in [-0.05, 0) is 30.7 Å². The first-order valence-electron chi connectivity index (χ1n) is 4.31. The molecule has 0 aliphatic carbocycles. The Morgan fingerprint density at radius 3 is 2.44 bits per heavy atom. The number of aryl methyl sites for hydroxylation is 1. The summed E-state index contributed by atoms with van der Waals surface area (Å²) in [6.07, 6.45) is 1.01. The van der Waals surface area contributed by atoms with Gasteiger partial charge in [-0.1, -0.05) is 0 Å². The van der Waals surface area contributed by atoms with Crippen molar-refractivity contribution in [3.8, 4) is 5.75 Å². The number of benzene rings is 1. The fourth-order valence-electron chi connectivity index (χ4n) is 1.13. The molecule has 1 aromatic carbocycles. The topological polar surface area (TPSA) is 55.4 Å². The molecule has 0 radical (unpaired) electrons. The molecule has 0 aliphatic heterocycles. The first kappa shape index (κ1) is 12.7. The smallest absolute Gasteiger partial charge is 0.387 e. The lowest BCUT2D eigenvalue weighted by atomic mass is 10.2. The van der Waals surface area contributed by atoms with Gasteiger partial charge in [0.05, 0.1) is 11.9 Å². The van der Waals surface area contributed by atoms with Gasteiger partial charge in [0.25, 0.3) is 0 Å². The Morgan fingerprint density at radius 2 is 2.00 bits per heavy atom. The molecule has 0 spiro atoms. The fourth-order valence-corrected chi connectivity index (χ4v) is 1.76. The first-order chi connectivity index (χ1) is 7.28. The van der Waals surface area contributed by atoms with Crippen molar-refractivity contribution < 1.29 is 21.9 Å². The zero-order valence-electron chi connectivity index (χ0n) is 8.70. The Kier molecular flexibility index (Phi) is 3.69. The first-order valence-corrected chi connectivity index (χ1v) is 6.20. The number of hydrogen-bond donors (Lipinski definition) is 1. The highest BCUT2D eigenvalue weighted by molar-refractivity contribution is 7.92. The maximum absolute atomic E-state index is 11.9. The monoisotopic (exact) mass is 251 g/mol. The van der Waals surface area contributed by atoms with E-state index in [1.165, 1.54) is 18.2 Å². The predicted octanol–water partition coefficient (Wildman–Crippen LogP) is 1.97. The lowest BCUT2D eigenvalue weighted by Crippen LogP contribution is -2.10. The Balaban J connectivity index is 2.92. The van der Waals surface area contributed by atoms with E-state index in [1.807, 2.05) is 0 Å². The molecule has 16 heavy (non-hydrogen) atoms. The van der Waals surface area contributed by atoms with Crippen LogP contribution >= 0.6 is 0 Å². The standard InChI is InChI=1S/C9H11F2NO3S/c1-6-5-7(15-9(10)11)3-4-8(6)12-16(2,13)14/h3-5,9,12H,1-2H3. The molecule has 1 aromatic rings. The quantitative estimate of drug-likeness (QED) is 0.890. The minimum absolute atomic E-state index is 0.00782. The highest BCUT2D eigenvalue weighted by Gasteiger charge is 2.08. The van der Waals surface area contributed by atoms with Crippen LogP contribution in [-0.4, -0.2) is 21.3 Å². The number of alkyl halides is 2. The molecule has 4 nitrogen and oxygen atoms in total. The lowest BCUT2D eigenvalue weighted by molar-refractivity contribution is -0.0498. The van der Waals surface area contributed by atoms with Gasteiger partial charge in [0, 0.05) is 0 Å². The van der Waals surface area contributed by atoms with Gasteiger partial charge in [0.15, 0.2) is 0 Å². The maximum atomic E-state index is 11.9. The number of halogens is 2. The summed E-state index contributed by atoms with van der Waals surface area (Å²) in [7, 11) is -3.37. The molecule has 0 fully saturated rings. The number of nitrogens with one attached hydrogen (secondary N) is 1. The van der Waals surface area contributed by atoms with Crippen molar-refractivity contribution in [2.45, 2.75) is 13.5 Å². The van der Waals surface area contributed by atoms with E-state index in [-0.39, 0.29) is 5.75 Å². The van der Waals surface area contributed by atoms with Crippen molar-refractivity contribution in [2.75, 3.05) is 11.0 Å². The summed E-state index contributed by atoms with van der Waals surface area (Å²) >= 11 is 0. The summed E-state index contributed by atoms with van der Waals surface area (Å²) in [6.45, 7) is -1.31. The second-order valence-electron chi connectivity index (χ2n) is 3.23. The van der Waals surface area contributed by atoms with Crippen molar-refractivity contribution >= 4 is 15.7 Å². The molecule has 0 aromatic heterocycles. The van der Waals surface area contributed by atoms with E-state index in [0.29, 0.717) is 11.3 Å². The molecule has 0 unspecified atom stereocenters. The minimum Gasteiger partial charge on any atom is -0.435 e. The summed E-state index contributed by atoms with van der Waals surface area (Å²) < 4.78 is 52.1. The number of hydrogen-bond acceptors (Lipinski definition) is 3. The molecule has 90 valence electrons. The molecule has 0 saturated carbocycles.